The van der Waals surface area contributed by atoms with Gasteiger partial charge in [-0.05, 0) is 53.6 Å². The minimum Gasteiger partial charge on any atom is -0.485 e. The van der Waals surface area contributed by atoms with Gasteiger partial charge >= 0.3 is 0 Å². The Morgan fingerprint density at radius 1 is 0.868 bits per heavy atom. The highest BCUT2D eigenvalue weighted by Gasteiger charge is 2.36. The molecule has 2 aliphatic heterocycles. The fourth-order valence-electron chi connectivity index (χ4n) is 5.91. The molecule has 0 radical (unpaired) electrons. The van der Waals surface area contributed by atoms with E-state index in [1.165, 1.54) is 16.7 Å². The van der Waals surface area contributed by atoms with Gasteiger partial charge in [-0.25, -0.2) is 0 Å². The molecule has 0 aliphatic carbocycles. The van der Waals surface area contributed by atoms with Gasteiger partial charge in [0, 0.05) is 25.4 Å². The van der Waals surface area contributed by atoms with Gasteiger partial charge in [0.15, 0.2) is 11.5 Å². The second-order valence-corrected chi connectivity index (χ2v) is 10.5. The van der Waals surface area contributed by atoms with E-state index in [-0.39, 0.29) is 12.1 Å². The van der Waals surface area contributed by atoms with Crippen LogP contribution in [0.5, 0.6) is 11.5 Å². The molecule has 2 aliphatic rings. The highest BCUT2D eigenvalue weighted by molar-refractivity contribution is 5.81. The number of carbonyl (C=O) groups excluding carboxylic acids is 1. The number of nitrogens with zero attached hydrogens (tertiary/aromatic N) is 1. The van der Waals surface area contributed by atoms with Gasteiger partial charge in [-0.1, -0.05) is 92.6 Å². The molecule has 0 N–H and O–H groups in total. The van der Waals surface area contributed by atoms with Crippen molar-refractivity contribution in [2.24, 2.45) is 0 Å². The highest BCUT2D eigenvalue weighted by atomic mass is 16.5. The van der Waals surface area contributed by atoms with Crippen molar-refractivity contribution >= 4 is 5.78 Å². The molecule has 3 aromatic rings. The van der Waals surface area contributed by atoms with E-state index in [2.05, 4.69) is 61.2 Å². The Morgan fingerprint density at radius 3 is 2.11 bits per heavy atom. The van der Waals surface area contributed by atoms with Crippen LogP contribution in [-0.4, -0.2) is 23.3 Å². The molecule has 0 amide bonds. The van der Waals surface area contributed by atoms with Crippen LogP contribution in [0.4, 0.5) is 0 Å². The zero-order chi connectivity index (χ0) is 26.3. The number of rotatable bonds is 9. The third kappa shape index (κ3) is 6.02. The smallest absolute Gasteiger partial charge is 0.162 e. The Morgan fingerprint density at radius 2 is 1.50 bits per heavy atom. The van der Waals surface area contributed by atoms with Crippen molar-refractivity contribution in [3.05, 3.63) is 107 Å². The Bertz CT molecular complexity index is 1250. The van der Waals surface area contributed by atoms with E-state index < -0.39 is 0 Å². The number of carbonyl (C=O) groups is 1. The summed E-state index contributed by atoms with van der Waals surface area (Å²) < 4.78 is 12.8. The molecule has 0 saturated heterocycles. The maximum atomic E-state index is 12.7. The number of ether oxygens (including phenoxy) is 2. The molecular formula is C34H39NO3. The van der Waals surface area contributed by atoms with E-state index in [4.69, 9.17) is 9.47 Å². The summed E-state index contributed by atoms with van der Waals surface area (Å²) in [7, 11) is 0. The lowest BCUT2D eigenvalue weighted by Crippen LogP contribution is -2.45. The van der Waals surface area contributed by atoms with Gasteiger partial charge in [0.25, 0.3) is 0 Å². The van der Waals surface area contributed by atoms with Crippen molar-refractivity contribution in [2.45, 2.75) is 77.7 Å². The molecule has 4 heteroatoms. The quantitative estimate of drug-likeness (QED) is 0.278. The summed E-state index contributed by atoms with van der Waals surface area (Å²) in [6.07, 6.45) is 7.38. The van der Waals surface area contributed by atoms with E-state index in [1.54, 1.807) is 0 Å². The number of hydrogen-bond donors (Lipinski definition) is 0. The first kappa shape index (κ1) is 26.2. The lowest BCUT2D eigenvalue weighted by Gasteiger charge is -2.44. The predicted molar refractivity (Wildman–Crippen MR) is 152 cm³/mol. The van der Waals surface area contributed by atoms with Crippen LogP contribution in [0.1, 0.15) is 74.2 Å². The topological polar surface area (TPSA) is 38.8 Å². The van der Waals surface area contributed by atoms with Gasteiger partial charge in [-0.2, -0.15) is 0 Å². The van der Waals surface area contributed by atoms with Crippen molar-refractivity contribution in [3.63, 3.8) is 0 Å². The molecule has 0 aromatic heterocycles. The van der Waals surface area contributed by atoms with Crippen molar-refractivity contribution < 1.29 is 14.3 Å². The van der Waals surface area contributed by atoms with Crippen LogP contribution in [0.3, 0.4) is 0 Å². The number of Topliss-reactive ketones (excluding diaryl/α,β-unsaturated/α-hetero) is 1. The standard InChI is InChI=1S/C34H39NO3/c1-3-11-29-21-30(36)17-16-27(4-2)34-31-22-33(38-24-26-14-9-6-10-15-26)32(20-28(31)18-19-35(29)34)37-23-25-12-7-5-8-13-25/h5-10,12-16,20,22,29,34H,3-4,11,17-19,21,23-24H2,1-2H3/b27-16-/t29-,34+/m1/s1. The SMILES string of the molecule is CCC[C@@H]1CC(=O)C/C=C(/CC)[C@H]2c3cc(OCc4ccccc4)c(OCc4ccccc4)cc3CCN12. The zero-order valence-corrected chi connectivity index (χ0v) is 22.7. The average Bonchev–Trinajstić information content (AvgIpc) is 2.95. The van der Waals surface area contributed by atoms with Gasteiger partial charge in [-0.15, -0.1) is 0 Å². The molecule has 38 heavy (non-hydrogen) atoms. The number of fused-ring (bicyclic) bond motifs is 3. The zero-order valence-electron chi connectivity index (χ0n) is 22.7. The normalized spacial score (nSPS) is 20.9. The number of allylic oxidation sites excluding steroid dienone is 1. The van der Waals surface area contributed by atoms with Gasteiger partial charge in [-0.3, -0.25) is 9.69 Å². The maximum Gasteiger partial charge on any atom is 0.162 e. The molecular weight excluding hydrogens is 470 g/mol. The number of benzene rings is 3. The number of ketones is 1. The fourth-order valence-corrected chi connectivity index (χ4v) is 5.91. The van der Waals surface area contributed by atoms with E-state index in [0.717, 1.165) is 54.9 Å². The lowest BCUT2D eigenvalue weighted by atomic mass is 9.82. The monoisotopic (exact) mass is 509 g/mol. The summed E-state index contributed by atoms with van der Waals surface area (Å²) in [6.45, 7) is 6.37. The first-order valence-corrected chi connectivity index (χ1v) is 14.1. The van der Waals surface area contributed by atoms with Crippen molar-refractivity contribution in [3.8, 4) is 11.5 Å². The molecule has 0 bridgehead atoms. The molecule has 4 nitrogen and oxygen atoms in total. The fraction of sp³-hybridized carbons (Fsp3) is 0.382. The summed E-state index contributed by atoms with van der Waals surface area (Å²) in [5.41, 5.74) is 6.22. The Kier molecular flexibility index (Phi) is 8.60. The Balaban J connectivity index is 1.53. The van der Waals surface area contributed by atoms with Crippen molar-refractivity contribution in [2.75, 3.05) is 6.54 Å². The molecule has 2 atom stereocenters. The van der Waals surface area contributed by atoms with Gasteiger partial charge in [0.1, 0.15) is 19.0 Å². The molecule has 0 fully saturated rings. The molecule has 0 saturated carbocycles. The van der Waals surface area contributed by atoms with Gasteiger partial charge in [0.05, 0.1) is 6.04 Å². The first-order chi connectivity index (χ1) is 18.7. The molecule has 2 heterocycles. The lowest BCUT2D eigenvalue weighted by molar-refractivity contribution is -0.120. The summed E-state index contributed by atoms with van der Waals surface area (Å²) >= 11 is 0. The predicted octanol–water partition coefficient (Wildman–Crippen LogP) is 7.61. The largest absolute Gasteiger partial charge is 0.485 e. The first-order valence-electron chi connectivity index (χ1n) is 14.1. The average molecular weight is 510 g/mol. The second kappa shape index (κ2) is 12.4. The summed E-state index contributed by atoms with van der Waals surface area (Å²) in [6, 6.07) is 25.4. The highest BCUT2D eigenvalue weighted by Crippen LogP contribution is 2.44. The van der Waals surface area contributed by atoms with Gasteiger partial charge in [0.2, 0.25) is 0 Å². The summed E-state index contributed by atoms with van der Waals surface area (Å²) in [4.78, 5) is 15.3. The van der Waals surface area contributed by atoms with Crippen LogP contribution in [0.15, 0.2) is 84.4 Å². The minimum atomic E-state index is 0.177. The summed E-state index contributed by atoms with van der Waals surface area (Å²) in [5, 5.41) is 0. The van der Waals surface area contributed by atoms with E-state index in [9.17, 15) is 4.79 Å². The van der Waals surface area contributed by atoms with Crippen LogP contribution < -0.4 is 9.47 Å². The van der Waals surface area contributed by atoms with Crippen molar-refractivity contribution in [1.82, 2.24) is 4.90 Å². The van der Waals surface area contributed by atoms with Crippen LogP contribution in [0.2, 0.25) is 0 Å². The molecule has 3 aromatic carbocycles. The molecule has 198 valence electrons. The van der Waals surface area contributed by atoms with Gasteiger partial charge < -0.3 is 9.47 Å². The second-order valence-electron chi connectivity index (χ2n) is 10.5. The third-order valence-electron chi connectivity index (χ3n) is 7.85. The van der Waals surface area contributed by atoms with Crippen molar-refractivity contribution in [1.29, 1.82) is 0 Å². The molecule has 0 unspecified atom stereocenters. The van der Waals surface area contributed by atoms with Crippen LogP contribution in [-0.2, 0) is 24.4 Å². The minimum absolute atomic E-state index is 0.177. The van der Waals surface area contributed by atoms with E-state index in [0.29, 0.717) is 31.8 Å². The Labute approximate surface area is 227 Å². The maximum absolute atomic E-state index is 12.7. The third-order valence-corrected chi connectivity index (χ3v) is 7.85. The Hall–Kier alpha value is -3.37. The van der Waals surface area contributed by atoms with Crippen LogP contribution in [0, 0.1) is 0 Å². The van der Waals surface area contributed by atoms with E-state index >= 15 is 0 Å². The summed E-state index contributed by atoms with van der Waals surface area (Å²) in [5.74, 6) is 1.94. The van der Waals surface area contributed by atoms with E-state index in [1.807, 2.05) is 36.4 Å². The molecule has 0 spiro atoms. The van der Waals surface area contributed by atoms with Crippen LogP contribution >= 0.6 is 0 Å². The van der Waals surface area contributed by atoms with Crippen LogP contribution in [0.25, 0.3) is 0 Å². The molecule has 5 rings (SSSR count). The number of hydrogen-bond acceptors (Lipinski definition) is 4.